The molecule has 0 aliphatic heterocycles. The minimum absolute atomic E-state index is 0.0650. The van der Waals surface area contributed by atoms with E-state index in [0.29, 0.717) is 12.2 Å². The molecule has 8 heteroatoms. The zero-order chi connectivity index (χ0) is 20.0. The second-order valence-corrected chi connectivity index (χ2v) is 9.20. The molecule has 0 saturated heterocycles. The second-order valence-electron chi connectivity index (χ2n) is 6.04. The number of nitrogens with zero attached hydrogens (tertiary/aromatic N) is 1. The molecule has 0 atom stereocenters. The van der Waals surface area contributed by atoms with Gasteiger partial charge in [0.1, 0.15) is 0 Å². The molecule has 6 nitrogen and oxygen atoms in total. The standard InChI is InChI=1S/C20H18IN3O3S/c21-19-6-2-1-5-16(19)14-28(26,27)18-9-7-17(8-10-18)24-20(25)23-13-15-4-3-11-22-12-15/h1-12H,13-14H2,(H2,23,24,25). The number of halogens is 1. The summed E-state index contributed by atoms with van der Waals surface area (Å²) in [6, 6.07) is 16.8. The van der Waals surface area contributed by atoms with Gasteiger partial charge >= 0.3 is 6.03 Å². The molecule has 144 valence electrons. The average Bonchev–Trinajstić information content (AvgIpc) is 2.69. The largest absolute Gasteiger partial charge is 0.334 e. The summed E-state index contributed by atoms with van der Waals surface area (Å²) in [5.74, 6) is -0.0650. The number of benzene rings is 2. The maximum absolute atomic E-state index is 12.6. The van der Waals surface area contributed by atoms with Gasteiger partial charge in [0, 0.05) is 28.2 Å². The molecule has 1 aromatic heterocycles. The van der Waals surface area contributed by atoms with Crippen molar-refractivity contribution in [3.8, 4) is 0 Å². The number of rotatable bonds is 6. The van der Waals surface area contributed by atoms with Gasteiger partial charge in [-0.25, -0.2) is 13.2 Å². The van der Waals surface area contributed by atoms with Crippen molar-refractivity contribution in [3.63, 3.8) is 0 Å². The summed E-state index contributed by atoms with van der Waals surface area (Å²) in [6.07, 6.45) is 3.34. The fraction of sp³-hybridized carbons (Fsp3) is 0.100. The van der Waals surface area contributed by atoms with Crippen molar-refractivity contribution in [1.82, 2.24) is 10.3 Å². The Morgan fingerprint density at radius 2 is 1.75 bits per heavy atom. The lowest BCUT2D eigenvalue weighted by Crippen LogP contribution is -2.28. The van der Waals surface area contributed by atoms with Gasteiger partial charge in [-0.2, -0.15) is 0 Å². The van der Waals surface area contributed by atoms with Gasteiger partial charge in [-0.15, -0.1) is 0 Å². The number of pyridine rings is 1. The Bertz CT molecular complexity index is 1060. The van der Waals surface area contributed by atoms with E-state index in [1.165, 1.54) is 12.1 Å². The number of sulfone groups is 1. The first-order valence-electron chi connectivity index (χ1n) is 8.44. The van der Waals surface area contributed by atoms with E-state index >= 15 is 0 Å². The summed E-state index contributed by atoms with van der Waals surface area (Å²) in [4.78, 5) is 16.2. The van der Waals surface area contributed by atoms with Crippen LogP contribution in [0.25, 0.3) is 0 Å². The van der Waals surface area contributed by atoms with Crippen LogP contribution in [-0.2, 0) is 22.1 Å². The number of aromatic nitrogens is 1. The number of hydrogen-bond donors (Lipinski definition) is 2. The molecule has 3 rings (SSSR count). The van der Waals surface area contributed by atoms with E-state index < -0.39 is 9.84 Å². The van der Waals surface area contributed by atoms with Crippen molar-refractivity contribution in [1.29, 1.82) is 0 Å². The minimum atomic E-state index is -3.47. The third-order valence-corrected chi connectivity index (χ3v) is 6.68. The SMILES string of the molecule is O=C(NCc1cccnc1)Nc1ccc(S(=O)(=O)Cc2ccccc2I)cc1. The Morgan fingerprint density at radius 3 is 2.43 bits per heavy atom. The zero-order valence-corrected chi connectivity index (χ0v) is 17.8. The lowest BCUT2D eigenvalue weighted by Gasteiger charge is -2.09. The quantitative estimate of drug-likeness (QED) is 0.495. The predicted octanol–water partition coefficient (Wildman–Crippen LogP) is 3.98. The first-order chi connectivity index (χ1) is 13.4. The molecular weight excluding hydrogens is 489 g/mol. The maximum atomic E-state index is 12.6. The zero-order valence-electron chi connectivity index (χ0n) is 14.8. The average molecular weight is 507 g/mol. The van der Waals surface area contributed by atoms with Crippen molar-refractivity contribution in [3.05, 3.63) is 87.8 Å². The predicted molar refractivity (Wildman–Crippen MR) is 117 cm³/mol. The van der Waals surface area contributed by atoms with Crippen molar-refractivity contribution in [2.24, 2.45) is 0 Å². The molecule has 0 spiro atoms. The van der Waals surface area contributed by atoms with Crippen LogP contribution in [0.2, 0.25) is 0 Å². The van der Waals surface area contributed by atoms with Crippen molar-refractivity contribution in [2.45, 2.75) is 17.2 Å². The number of hydrogen-bond acceptors (Lipinski definition) is 4. The van der Waals surface area contributed by atoms with E-state index in [1.54, 1.807) is 30.6 Å². The molecule has 0 aliphatic carbocycles. The van der Waals surface area contributed by atoms with Crippen LogP contribution in [0.5, 0.6) is 0 Å². The van der Waals surface area contributed by atoms with Gasteiger partial charge in [0.2, 0.25) is 0 Å². The smallest absolute Gasteiger partial charge is 0.319 e. The van der Waals surface area contributed by atoms with Gasteiger partial charge in [0.25, 0.3) is 0 Å². The number of urea groups is 1. The van der Waals surface area contributed by atoms with Crippen molar-refractivity contribution >= 4 is 44.1 Å². The molecule has 1 heterocycles. The Kier molecular flexibility index (Phi) is 6.63. The van der Waals surface area contributed by atoms with Gasteiger partial charge in [-0.3, -0.25) is 4.98 Å². The molecule has 0 unspecified atom stereocenters. The van der Waals surface area contributed by atoms with Crippen LogP contribution in [0.15, 0.2) is 78.0 Å². The molecule has 2 amide bonds. The van der Waals surface area contributed by atoms with E-state index in [-0.39, 0.29) is 16.7 Å². The van der Waals surface area contributed by atoms with Gasteiger partial charge in [-0.1, -0.05) is 24.3 Å². The normalized spacial score (nSPS) is 11.0. The summed E-state index contributed by atoms with van der Waals surface area (Å²) in [5, 5.41) is 5.41. The lowest BCUT2D eigenvalue weighted by molar-refractivity contribution is 0.251. The molecule has 0 saturated carbocycles. The van der Waals surface area contributed by atoms with Crippen LogP contribution in [0.1, 0.15) is 11.1 Å². The Hall–Kier alpha value is -2.46. The third kappa shape index (κ3) is 5.52. The molecule has 0 bridgehead atoms. The van der Waals surface area contributed by atoms with Crippen LogP contribution >= 0.6 is 22.6 Å². The number of amides is 2. The summed E-state index contributed by atoms with van der Waals surface area (Å²) >= 11 is 2.13. The van der Waals surface area contributed by atoms with Crippen LogP contribution in [0.3, 0.4) is 0 Å². The molecule has 0 radical (unpaired) electrons. The molecule has 3 aromatic rings. The molecule has 28 heavy (non-hydrogen) atoms. The highest BCUT2D eigenvalue weighted by Gasteiger charge is 2.17. The second kappa shape index (κ2) is 9.16. The van der Waals surface area contributed by atoms with E-state index in [0.717, 1.165) is 14.7 Å². The van der Waals surface area contributed by atoms with E-state index in [4.69, 9.17) is 0 Å². The Balaban J connectivity index is 1.61. The van der Waals surface area contributed by atoms with Gasteiger partial charge < -0.3 is 10.6 Å². The first kappa shape index (κ1) is 20.3. The first-order valence-corrected chi connectivity index (χ1v) is 11.2. The van der Waals surface area contributed by atoms with Gasteiger partial charge in [0.05, 0.1) is 10.6 Å². The van der Waals surface area contributed by atoms with Crippen LogP contribution < -0.4 is 10.6 Å². The summed E-state index contributed by atoms with van der Waals surface area (Å²) in [7, 11) is -3.47. The summed E-state index contributed by atoms with van der Waals surface area (Å²) < 4.78 is 26.2. The monoisotopic (exact) mass is 507 g/mol. The minimum Gasteiger partial charge on any atom is -0.334 e. The fourth-order valence-electron chi connectivity index (χ4n) is 2.51. The van der Waals surface area contributed by atoms with Crippen LogP contribution in [-0.4, -0.2) is 19.4 Å². The summed E-state index contributed by atoms with van der Waals surface area (Å²) in [5.41, 5.74) is 2.16. The number of carbonyl (C=O) groups excluding carboxylic acids is 1. The number of anilines is 1. The fourth-order valence-corrected chi connectivity index (χ4v) is 4.72. The molecular formula is C20H18IN3O3S. The summed E-state index contributed by atoms with van der Waals surface area (Å²) in [6.45, 7) is 0.349. The number of carbonyl (C=O) groups is 1. The molecule has 2 N–H and O–H groups in total. The van der Waals surface area contributed by atoms with Crippen LogP contribution in [0, 0.1) is 3.57 Å². The third-order valence-electron chi connectivity index (χ3n) is 3.95. The molecule has 2 aromatic carbocycles. The highest BCUT2D eigenvalue weighted by molar-refractivity contribution is 14.1. The Labute approximate surface area is 177 Å². The van der Waals surface area contributed by atoms with E-state index in [1.807, 2.05) is 30.3 Å². The molecule has 0 aliphatic rings. The van der Waals surface area contributed by atoms with E-state index in [2.05, 4.69) is 38.2 Å². The van der Waals surface area contributed by atoms with E-state index in [9.17, 15) is 13.2 Å². The number of nitrogens with one attached hydrogen (secondary N) is 2. The maximum Gasteiger partial charge on any atom is 0.319 e. The van der Waals surface area contributed by atoms with Gasteiger partial charge in [-0.05, 0) is 70.1 Å². The topological polar surface area (TPSA) is 88.2 Å². The Morgan fingerprint density at radius 1 is 1.00 bits per heavy atom. The van der Waals surface area contributed by atoms with Gasteiger partial charge in [0.15, 0.2) is 9.84 Å². The lowest BCUT2D eigenvalue weighted by atomic mass is 10.2. The highest BCUT2D eigenvalue weighted by atomic mass is 127. The molecule has 0 fully saturated rings. The van der Waals surface area contributed by atoms with Crippen LogP contribution in [0.4, 0.5) is 10.5 Å². The highest BCUT2D eigenvalue weighted by Crippen LogP contribution is 2.21. The van der Waals surface area contributed by atoms with Crippen molar-refractivity contribution in [2.75, 3.05) is 5.32 Å². The van der Waals surface area contributed by atoms with Crippen molar-refractivity contribution < 1.29 is 13.2 Å².